The van der Waals surface area contributed by atoms with Gasteiger partial charge < -0.3 is 4.90 Å². The smallest absolute Gasteiger partial charge is 0.241 e. The van der Waals surface area contributed by atoms with E-state index in [4.69, 9.17) is 0 Å². The van der Waals surface area contributed by atoms with Crippen molar-refractivity contribution >= 4 is 15.9 Å². The van der Waals surface area contributed by atoms with Crippen LogP contribution in [0.1, 0.15) is 34.1 Å². The highest BCUT2D eigenvalue weighted by molar-refractivity contribution is 7.88. The molecule has 1 aliphatic carbocycles. The fourth-order valence-electron chi connectivity index (χ4n) is 2.18. The van der Waals surface area contributed by atoms with Crippen LogP contribution in [-0.4, -0.2) is 44.6 Å². The lowest BCUT2D eigenvalue weighted by atomic mass is 10.0. The summed E-state index contributed by atoms with van der Waals surface area (Å²) in [4.78, 5) is 14.0. The summed E-state index contributed by atoms with van der Waals surface area (Å²) in [6, 6.07) is -0.464. The fraction of sp³-hybridized carbons (Fsp3) is 0.917. The lowest BCUT2D eigenvalue weighted by molar-refractivity contribution is -0.133. The van der Waals surface area contributed by atoms with Crippen LogP contribution in [0.15, 0.2) is 0 Å². The molecule has 106 valence electrons. The van der Waals surface area contributed by atoms with Crippen molar-refractivity contribution in [2.45, 2.75) is 46.2 Å². The molecule has 1 rings (SSSR count). The zero-order valence-electron chi connectivity index (χ0n) is 12.0. The van der Waals surface area contributed by atoms with Crippen LogP contribution in [0.2, 0.25) is 0 Å². The molecular weight excluding hydrogens is 252 g/mol. The Morgan fingerprint density at radius 1 is 1.39 bits per heavy atom. The van der Waals surface area contributed by atoms with Crippen molar-refractivity contribution in [2.75, 3.05) is 13.3 Å². The van der Waals surface area contributed by atoms with Crippen molar-refractivity contribution in [2.24, 2.45) is 11.3 Å². The van der Waals surface area contributed by atoms with E-state index < -0.39 is 16.1 Å². The molecule has 1 aliphatic rings. The molecule has 0 aliphatic heterocycles. The summed E-state index contributed by atoms with van der Waals surface area (Å²) in [6.07, 6.45) is 2.05. The molecule has 6 heteroatoms. The Morgan fingerprint density at radius 2 is 1.83 bits per heavy atom. The van der Waals surface area contributed by atoms with Gasteiger partial charge in [-0.25, -0.2) is 13.1 Å². The molecule has 1 fully saturated rings. The van der Waals surface area contributed by atoms with Gasteiger partial charge in [0.25, 0.3) is 0 Å². The van der Waals surface area contributed by atoms with Gasteiger partial charge in [0.15, 0.2) is 0 Å². The van der Waals surface area contributed by atoms with Crippen molar-refractivity contribution in [3.05, 3.63) is 0 Å². The zero-order chi connectivity index (χ0) is 14.3. The van der Waals surface area contributed by atoms with Crippen LogP contribution in [0.5, 0.6) is 0 Å². The van der Waals surface area contributed by atoms with E-state index in [1.54, 1.807) is 11.9 Å². The van der Waals surface area contributed by atoms with Gasteiger partial charge in [0.1, 0.15) is 6.04 Å². The summed E-state index contributed by atoms with van der Waals surface area (Å²) < 4.78 is 25.0. The van der Waals surface area contributed by atoms with E-state index in [0.29, 0.717) is 0 Å². The van der Waals surface area contributed by atoms with Crippen LogP contribution >= 0.6 is 0 Å². The van der Waals surface area contributed by atoms with Gasteiger partial charge in [-0.3, -0.25) is 4.79 Å². The van der Waals surface area contributed by atoms with Crippen LogP contribution in [0.25, 0.3) is 0 Å². The Kier molecular flexibility index (Phi) is 4.13. The molecule has 0 aromatic heterocycles. The summed E-state index contributed by atoms with van der Waals surface area (Å²) in [6.45, 7) is 7.89. The van der Waals surface area contributed by atoms with Crippen LogP contribution in [-0.2, 0) is 14.8 Å². The number of sulfonamides is 1. The van der Waals surface area contributed by atoms with Crippen LogP contribution in [0, 0.1) is 11.3 Å². The molecule has 5 nitrogen and oxygen atoms in total. The van der Waals surface area contributed by atoms with Crippen LogP contribution < -0.4 is 4.72 Å². The van der Waals surface area contributed by atoms with Crippen molar-refractivity contribution in [3.8, 4) is 0 Å². The van der Waals surface area contributed by atoms with Gasteiger partial charge in [-0.05, 0) is 17.8 Å². The highest BCUT2D eigenvalue weighted by Gasteiger charge is 2.50. The van der Waals surface area contributed by atoms with Crippen molar-refractivity contribution < 1.29 is 13.2 Å². The molecule has 2 atom stereocenters. The first-order valence-corrected chi connectivity index (χ1v) is 8.09. The molecule has 1 saturated carbocycles. The molecule has 0 aromatic rings. The van der Waals surface area contributed by atoms with E-state index in [1.165, 1.54) is 0 Å². The molecule has 0 saturated heterocycles. The van der Waals surface area contributed by atoms with E-state index in [9.17, 15) is 13.2 Å². The second kappa shape index (κ2) is 4.81. The topological polar surface area (TPSA) is 66.5 Å². The maximum absolute atomic E-state index is 12.3. The normalized spacial score (nSPS) is 23.8. The summed E-state index contributed by atoms with van der Waals surface area (Å²) in [5.41, 5.74) is 0.150. The van der Waals surface area contributed by atoms with Crippen LogP contribution in [0.3, 0.4) is 0 Å². The Bertz CT molecular complexity index is 429. The minimum Gasteiger partial charge on any atom is -0.341 e. The third-order valence-electron chi connectivity index (χ3n) is 3.55. The average Bonchev–Trinajstić information content (AvgIpc) is 2.80. The monoisotopic (exact) mass is 276 g/mol. The molecule has 0 heterocycles. The lowest BCUT2D eigenvalue weighted by Crippen LogP contribution is -2.50. The largest absolute Gasteiger partial charge is 0.341 e. The number of rotatable bonds is 5. The molecule has 0 aromatic carbocycles. The summed E-state index contributed by atoms with van der Waals surface area (Å²) >= 11 is 0. The minimum atomic E-state index is -3.38. The molecule has 0 spiro atoms. The van der Waals surface area contributed by atoms with Gasteiger partial charge >= 0.3 is 0 Å². The maximum atomic E-state index is 12.3. The number of likely N-dealkylation sites (N-methyl/N-ethyl adjacent to an activating group) is 1. The molecule has 1 amide bonds. The SMILES string of the molecule is CC(C)C(NS(C)(=O)=O)C(=O)N(C)C1CC1(C)C. The Balaban J connectivity index is 2.78. The van der Waals surface area contributed by atoms with Gasteiger partial charge in [-0.15, -0.1) is 0 Å². The van der Waals surface area contributed by atoms with E-state index in [1.807, 2.05) is 13.8 Å². The van der Waals surface area contributed by atoms with Gasteiger partial charge in [-0.1, -0.05) is 27.7 Å². The molecule has 2 unspecified atom stereocenters. The Labute approximate surface area is 110 Å². The number of carbonyl (C=O) groups excluding carboxylic acids is 1. The van der Waals surface area contributed by atoms with Gasteiger partial charge in [-0.2, -0.15) is 0 Å². The third kappa shape index (κ3) is 3.68. The van der Waals surface area contributed by atoms with Gasteiger partial charge in [0.2, 0.25) is 15.9 Å². The number of hydrogen-bond donors (Lipinski definition) is 1. The standard InChI is InChI=1S/C12H24N2O3S/c1-8(2)10(13-18(6,16)17)11(15)14(5)9-7-12(9,3)4/h8-10,13H,7H2,1-6H3. The minimum absolute atomic E-state index is 0.0727. The van der Waals surface area contributed by atoms with Crippen molar-refractivity contribution in [3.63, 3.8) is 0 Å². The van der Waals surface area contributed by atoms with E-state index >= 15 is 0 Å². The lowest BCUT2D eigenvalue weighted by Gasteiger charge is -2.27. The fourth-order valence-corrected chi connectivity index (χ4v) is 3.01. The van der Waals surface area contributed by atoms with Crippen molar-refractivity contribution in [1.82, 2.24) is 9.62 Å². The van der Waals surface area contributed by atoms with E-state index in [-0.39, 0.29) is 23.3 Å². The summed E-state index contributed by atoms with van der Waals surface area (Å²) in [5.74, 6) is -0.220. The maximum Gasteiger partial charge on any atom is 0.241 e. The van der Waals surface area contributed by atoms with Gasteiger partial charge in [0.05, 0.1) is 6.26 Å². The number of amides is 1. The number of carbonyl (C=O) groups is 1. The molecular formula is C12H24N2O3S. The number of nitrogens with zero attached hydrogens (tertiary/aromatic N) is 1. The number of nitrogens with one attached hydrogen (secondary N) is 1. The Morgan fingerprint density at radius 3 is 2.11 bits per heavy atom. The summed E-state index contributed by atoms with van der Waals surface area (Å²) in [7, 11) is -1.63. The average molecular weight is 276 g/mol. The highest BCUT2D eigenvalue weighted by atomic mass is 32.2. The Hall–Kier alpha value is -0.620. The first-order valence-electron chi connectivity index (χ1n) is 6.19. The van der Waals surface area contributed by atoms with Crippen molar-refractivity contribution in [1.29, 1.82) is 0 Å². The van der Waals surface area contributed by atoms with Crippen LogP contribution in [0.4, 0.5) is 0 Å². The molecule has 1 N–H and O–H groups in total. The second-order valence-electron chi connectivity index (χ2n) is 6.27. The zero-order valence-corrected chi connectivity index (χ0v) is 12.8. The molecule has 0 bridgehead atoms. The number of hydrogen-bond acceptors (Lipinski definition) is 3. The highest BCUT2D eigenvalue weighted by Crippen LogP contribution is 2.48. The van der Waals surface area contributed by atoms with E-state index in [0.717, 1.165) is 12.7 Å². The predicted molar refractivity (Wildman–Crippen MR) is 71.6 cm³/mol. The molecule has 18 heavy (non-hydrogen) atoms. The molecule has 0 radical (unpaired) electrons. The van der Waals surface area contributed by atoms with E-state index in [2.05, 4.69) is 18.6 Å². The quantitative estimate of drug-likeness (QED) is 0.808. The first-order chi connectivity index (χ1) is 7.96. The third-order valence-corrected chi connectivity index (χ3v) is 4.23. The summed E-state index contributed by atoms with van der Waals surface area (Å²) in [5, 5.41) is 0. The first kappa shape index (κ1) is 15.4. The second-order valence-corrected chi connectivity index (χ2v) is 8.05. The predicted octanol–water partition coefficient (Wildman–Crippen LogP) is 0.817. The van der Waals surface area contributed by atoms with Gasteiger partial charge in [0, 0.05) is 13.1 Å².